The Kier molecular flexibility index (Phi) is 4.87. The molecule has 0 saturated heterocycles. The lowest BCUT2D eigenvalue weighted by Crippen LogP contribution is -1.94. The summed E-state index contributed by atoms with van der Waals surface area (Å²) in [6.07, 6.45) is 1.59. The molecule has 0 fully saturated rings. The van der Waals surface area contributed by atoms with Gasteiger partial charge in [0.1, 0.15) is 5.02 Å². The quantitative estimate of drug-likeness (QED) is 0.636. The Balaban J connectivity index is 2.23. The van der Waals surface area contributed by atoms with Gasteiger partial charge in [-0.1, -0.05) is 29.8 Å². The molecule has 104 valence electrons. The molecule has 0 aliphatic rings. The van der Waals surface area contributed by atoms with Crippen LogP contribution in [0.4, 0.5) is 5.69 Å². The fourth-order valence-electron chi connectivity index (χ4n) is 1.55. The molecule has 0 bridgehead atoms. The topological polar surface area (TPSA) is 53.8 Å². The number of rotatable bonds is 4. The van der Waals surface area contributed by atoms with Crippen LogP contribution < -0.4 is 10.2 Å². The third-order valence-corrected chi connectivity index (χ3v) is 4.02. The maximum absolute atomic E-state index is 9.76. The van der Waals surface area contributed by atoms with Crippen molar-refractivity contribution in [3.63, 3.8) is 0 Å². The van der Waals surface area contributed by atoms with Crippen molar-refractivity contribution in [1.82, 2.24) is 0 Å². The van der Waals surface area contributed by atoms with Gasteiger partial charge in [-0.25, -0.2) is 0 Å². The van der Waals surface area contributed by atoms with Crippen LogP contribution >= 0.6 is 27.5 Å². The second-order valence-corrected chi connectivity index (χ2v) is 5.05. The Morgan fingerprint density at radius 3 is 2.70 bits per heavy atom. The summed E-state index contributed by atoms with van der Waals surface area (Å²) >= 11 is 9.32. The smallest absolute Gasteiger partial charge is 0.177 e. The van der Waals surface area contributed by atoms with Crippen LogP contribution in [0.15, 0.2) is 46.0 Å². The van der Waals surface area contributed by atoms with Gasteiger partial charge in [-0.2, -0.15) is 5.10 Å². The number of para-hydroxylation sites is 1. The number of methoxy groups -OCH3 is 1. The molecule has 2 N–H and O–H groups in total. The molecule has 6 heteroatoms. The summed E-state index contributed by atoms with van der Waals surface area (Å²) in [4.78, 5) is 0. The number of anilines is 1. The number of nitrogens with one attached hydrogen (secondary N) is 1. The van der Waals surface area contributed by atoms with E-state index in [1.54, 1.807) is 12.3 Å². The number of phenolic OH excluding ortho intramolecular Hbond substituents is 1. The fourth-order valence-corrected chi connectivity index (χ4v) is 2.16. The average Bonchev–Trinajstić information content (AvgIpc) is 2.48. The molecule has 0 amide bonds. The minimum Gasteiger partial charge on any atom is -0.503 e. The molecule has 0 aliphatic heterocycles. The number of nitrogens with zero attached hydrogens (tertiary/aromatic N) is 1. The van der Waals surface area contributed by atoms with Crippen LogP contribution in [0, 0.1) is 0 Å². The first kappa shape index (κ1) is 14.7. The first-order valence-corrected chi connectivity index (χ1v) is 6.89. The van der Waals surface area contributed by atoms with E-state index in [-0.39, 0.29) is 10.8 Å². The molecule has 20 heavy (non-hydrogen) atoms. The van der Waals surface area contributed by atoms with Crippen molar-refractivity contribution < 1.29 is 9.84 Å². The molecule has 0 atom stereocenters. The lowest BCUT2D eigenvalue weighted by atomic mass is 10.2. The summed E-state index contributed by atoms with van der Waals surface area (Å²) in [6.45, 7) is 0. The van der Waals surface area contributed by atoms with Crippen molar-refractivity contribution in [1.29, 1.82) is 0 Å². The van der Waals surface area contributed by atoms with Crippen molar-refractivity contribution in [2.75, 3.05) is 12.5 Å². The van der Waals surface area contributed by atoms with Crippen LogP contribution in [0.2, 0.25) is 5.02 Å². The van der Waals surface area contributed by atoms with Gasteiger partial charge in [0.25, 0.3) is 0 Å². The molecule has 4 nitrogen and oxygen atoms in total. The second kappa shape index (κ2) is 6.63. The largest absolute Gasteiger partial charge is 0.503 e. The van der Waals surface area contributed by atoms with Gasteiger partial charge in [0.05, 0.1) is 19.0 Å². The van der Waals surface area contributed by atoms with Crippen molar-refractivity contribution in [2.24, 2.45) is 5.10 Å². The number of aromatic hydroxyl groups is 1. The Bertz CT molecular complexity index is 633. The van der Waals surface area contributed by atoms with Crippen molar-refractivity contribution in [3.05, 3.63) is 51.5 Å². The predicted octanol–water partition coefficient (Wildman–Crippen LogP) is 4.26. The molecule has 0 spiro atoms. The van der Waals surface area contributed by atoms with Gasteiger partial charge in [0.15, 0.2) is 11.5 Å². The van der Waals surface area contributed by atoms with Crippen molar-refractivity contribution >= 4 is 39.4 Å². The van der Waals surface area contributed by atoms with E-state index in [0.29, 0.717) is 15.8 Å². The minimum absolute atomic E-state index is 0.103. The van der Waals surface area contributed by atoms with E-state index < -0.39 is 0 Å². The summed E-state index contributed by atoms with van der Waals surface area (Å²) in [5.74, 6) is 0.188. The van der Waals surface area contributed by atoms with Gasteiger partial charge < -0.3 is 9.84 Å². The highest BCUT2D eigenvalue weighted by molar-refractivity contribution is 9.10. The van der Waals surface area contributed by atoms with Gasteiger partial charge in [0.2, 0.25) is 0 Å². The molecule has 2 rings (SSSR count). The second-order valence-electron chi connectivity index (χ2n) is 3.88. The number of hydrogen-bond donors (Lipinski definition) is 2. The van der Waals surface area contributed by atoms with Crippen molar-refractivity contribution in [2.45, 2.75) is 0 Å². The minimum atomic E-state index is -0.103. The molecule has 2 aromatic carbocycles. The highest BCUT2D eigenvalue weighted by Crippen LogP contribution is 2.40. The average molecular weight is 356 g/mol. The first-order valence-electron chi connectivity index (χ1n) is 5.72. The normalized spacial score (nSPS) is 10.8. The Morgan fingerprint density at radius 2 is 2.05 bits per heavy atom. The van der Waals surface area contributed by atoms with Crippen LogP contribution in [0.1, 0.15) is 5.56 Å². The van der Waals surface area contributed by atoms with Crippen LogP contribution in [-0.4, -0.2) is 18.4 Å². The van der Waals surface area contributed by atoms with Gasteiger partial charge in [-0.3, -0.25) is 5.43 Å². The Hall–Kier alpha value is -1.72. The zero-order valence-corrected chi connectivity index (χ0v) is 12.9. The van der Waals surface area contributed by atoms with E-state index in [9.17, 15) is 5.11 Å². The maximum atomic E-state index is 9.76. The number of halogens is 2. The molecular formula is C14H12BrClN2O2. The van der Waals surface area contributed by atoms with Gasteiger partial charge >= 0.3 is 0 Å². The van der Waals surface area contributed by atoms with E-state index in [1.165, 1.54) is 7.11 Å². The zero-order valence-electron chi connectivity index (χ0n) is 10.6. The number of ether oxygens (including phenoxy) is 1. The monoisotopic (exact) mass is 354 g/mol. The first-order chi connectivity index (χ1) is 9.63. The number of hydrogen-bond acceptors (Lipinski definition) is 4. The van der Waals surface area contributed by atoms with E-state index >= 15 is 0 Å². The van der Waals surface area contributed by atoms with Crippen LogP contribution in [-0.2, 0) is 0 Å². The Labute approximate surface area is 130 Å². The summed E-state index contributed by atoms with van der Waals surface area (Å²) in [5.41, 5.74) is 4.45. The van der Waals surface area contributed by atoms with E-state index in [4.69, 9.17) is 16.3 Å². The van der Waals surface area contributed by atoms with E-state index in [0.717, 1.165) is 5.69 Å². The highest BCUT2D eigenvalue weighted by Gasteiger charge is 2.13. The molecular weight excluding hydrogens is 344 g/mol. The standard InChI is InChI=1S/C14H12BrClN2O2/c1-20-11-7-9(12(15)13(16)14(11)19)8-17-18-10-5-3-2-4-6-10/h2-8,18-19H,1H3. The molecule has 0 saturated carbocycles. The third-order valence-electron chi connectivity index (χ3n) is 2.57. The molecule has 0 heterocycles. The van der Waals surface area contributed by atoms with Crippen LogP contribution in [0.3, 0.4) is 0 Å². The molecule has 0 aliphatic carbocycles. The summed E-state index contributed by atoms with van der Waals surface area (Å²) in [7, 11) is 1.46. The van der Waals surface area contributed by atoms with Crippen LogP contribution in [0.5, 0.6) is 11.5 Å². The highest BCUT2D eigenvalue weighted by atomic mass is 79.9. The number of hydrazone groups is 1. The Morgan fingerprint density at radius 1 is 1.35 bits per heavy atom. The van der Waals surface area contributed by atoms with E-state index in [1.807, 2.05) is 30.3 Å². The third kappa shape index (κ3) is 3.23. The van der Waals surface area contributed by atoms with Gasteiger partial charge in [-0.15, -0.1) is 0 Å². The summed E-state index contributed by atoms with van der Waals surface area (Å²) < 4.78 is 5.60. The summed E-state index contributed by atoms with van der Waals surface area (Å²) in [5, 5.41) is 14.1. The van der Waals surface area contributed by atoms with E-state index in [2.05, 4.69) is 26.5 Å². The fraction of sp³-hybridized carbons (Fsp3) is 0.0714. The van der Waals surface area contributed by atoms with Crippen molar-refractivity contribution in [3.8, 4) is 11.5 Å². The summed E-state index contributed by atoms with van der Waals surface area (Å²) in [6, 6.07) is 11.2. The number of benzene rings is 2. The lowest BCUT2D eigenvalue weighted by molar-refractivity contribution is 0.373. The van der Waals surface area contributed by atoms with Gasteiger partial charge in [-0.05, 0) is 34.1 Å². The lowest BCUT2D eigenvalue weighted by Gasteiger charge is -2.09. The van der Waals surface area contributed by atoms with Crippen LogP contribution in [0.25, 0.3) is 0 Å². The molecule has 0 unspecified atom stereocenters. The zero-order chi connectivity index (χ0) is 14.5. The predicted molar refractivity (Wildman–Crippen MR) is 85.0 cm³/mol. The van der Waals surface area contributed by atoms with Gasteiger partial charge in [0, 0.05) is 10.0 Å². The molecule has 0 radical (unpaired) electrons. The maximum Gasteiger partial charge on any atom is 0.177 e. The SMILES string of the molecule is COc1cc(C=NNc2ccccc2)c(Br)c(Cl)c1O. The molecule has 0 aromatic heterocycles. The number of phenols is 1. The molecule has 2 aromatic rings.